The van der Waals surface area contributed by atoms with Crippen LogP contribution in [0.2, 0.25) is 0 Å². The van der Waals surface area contributed by atoms with Crippen molar-refractivity contribution in [2.75, 3.05) is 5.32 Å². The predicted molar refractivity (Wildman–Crippen MR) is 115 cm³/mol. The fraction of sp³-hybridized carbons (Fsp3) is 0.136. The van der Waals surface area contributed by atoms with Crippen molar-refractivity contribution in [3.63, 3.8) is 0 Å². The average molecular weight is 493 g/mol. The van der Waals surface area contributed by atoms with Crippen molar-refractivity contribution >= 4 is 39.1 Å². The van der Waals surface area contributed by atoms with E-state index in [-0.39, 0.29) is 44.5 Å². The Labute approximate surface area is 193 Å². The number of fused-ring (bicyclic) bond motifs is 1. The molecule has 4 rings (SSSR count). The summed E-state index contributed by atoms with van der Waals surface area (Å²) in [6, 6.07) is 9.00. The van der Waals surface area contributed by atoms with Gasteiger partial charge in [-0.05, 0) is 55.0 Å². The number of primary amides is 1. The highest BCUT2D eigenvalue weighted by molar-refractivity contribution is 7.21. The Hall–Kier alpha value is -3.93. The zero-order chi connectivity index (χ0) is 24.6. The van der Waals surface area contributed by atoms with Crippen LogP contribution < -0.4 is 15.8 Å². The molecule has 12 heteroatoms. The number of thiophene rings is 1. The van der Waals surface area contributed by atoms with Gasteiger partial charge in [0.25, 0.3) is 11.8 Å². The number of benzene rings is 1. The summed E-state index contributed by atoms with van der Waals surface area (Å²) in [5.74, 6) is -1.56. The third-order valence-corrected chi connectivity index (χ3v) is 5.79. The lowest BCUT2D eigenvalue weighted by molar-refractivity contribution is -0.141. The molecule has 2 amide bonds. The zero-order valence-corrected chi connectivity index (χ0v) is 18.1. The Balaban J connectivity index is 1.58. The minimum Gasteiger partial charge on any atom is -0.486 e. The first kappa shape index (κ1) is 23.2. The SMILES string of the molecule is Cc1cc(C(F)(F)F)nc2sc(C(N)=O)c(NC(=O)c3ccc(COc4ccc(F)cc4)o3)c12. The smallest absolute Gasteiger partial charge is 0.433 e. The molecule has 0 atom stereocenters. The number of nitrogens with one attached hydrogen (secondary N) is 1. The molecule has 4 aromatic rings. The minimum absolute atomic E-state index is 0.0447. The quantitative estimate of drug-likeness (QED) is 0.355. The maximum Gasteiger partial charge on any atom is 0.433 e. The fourth-order valence-corrected chi connectivity index (χ4v) is 4.22. The molecule has 0 fully saturated rings. The number of alkyl halides is 3. The summed E-state index contributed by atoms with van der Waals surface area (Å²) in [5.41, 5.74) is 4.37. The van der Waals surface area contributed by atoms with Crippen LogP contribution in [0.15, 0.2) is 46.9 Å². The molecule has 0 saturated heterocycles. The van der Waals surface area contributed by atoms with E-state index in [1.807, 2.05) is 0 Å². The standard InChI is InChI=1S/C22H15F4N3O4S/c1-10-8-15(22(24,25)26)28-21-16(10)17(18(34-21)19(27)30)29-20(31)14-7-6-13(33-14)9-32-12-4-2-11(23)3-5-12/h2-8H,9H2,1H3,(H2,27,30)(H,29,31). The Morgan fingerprint density at radius 2 is 1.88 bits per heavy atom. The summed E-state index contributed by atoms with van der Waals surface area (Å²) in [4.78, 5) is 28.0. The van der Waals surface area contributed by atoms with Crippen LogP contribution in [0.3, 0.4) is 0 Å². The van der Waals surface area contributed by atoms with Gasteiger partial charge in [-0.3, -0.25) is 9.59 Å². The number of carbonyl (C=O) groups is 2. The number of carbonyl (C=O) groups excluding carboxylic acids is 2. The Bertz CT molecular complexity index is 1390. The van der Waals surface area contributed by atoms with Crippen molar-refractivity contribution in [1.82, 2.24) is 4.98 Å². The number of pyridine rings is 1. The van der Waals surface area contributed by atoms with Gasteiger partial charge >= 0.3 is 6.18 Å². The Morgan fingerprint density at radius 1 is 1.18 bits per heavy atom. The van der Waals surface area contributed by atoms with E-state index in [1.54, 1.807) is 0 Å². The van der Waals surface area contributed by atoms with Gasteiger partial charge in [0, 0.05) is 5.39 Å². The second-order valence-corrected chi connectivity index (χ2v) is 8.13. The van der Waals surface area contributed by atoms with Gasteiger partial charge in [-0.25, -0.2) is 9.37 Å². The molecule has 3 aromatic heterocycles. The summed E-state index contributed by atoms with van der Waals surface area (Å²) in [5, 5.41) is 2.67. The largest absolute Gasteiger partial charge is 0.486 e. The van der Waals surface area contributed by atoms with Gasteiger partial charge in [-0.1, -0.05) is 0 Å². The van der Waals surface area contributed by atoms with E-state index < -0.39 is 29.5 Å². The molecule has 0 aliphatic heterocycles. The highest BCUT2D eigenvalue weighted by atomic mass is 32.1. The number of nitrogens with zero attached hydrogens (tertiary/aromatic N) is 1. The van der Waals surface area contributed by atoms with Gasteiger partial charge in [0.2, 0.25) is 0 Å². The number of aromatic nitrogens is 1. The lowest BCUT2D eigenvalue weighted by atomic mass is 10.1. The van der Waals surface area contributed by atoms with Crippen LogP contribution in [-0.2, 0) is 12.8 Å². The van der Waals surface area contributed by atoms with Crippen LogP contribution in [0.4, 0.5) is 23.2 Å². The van der Waals surface area contributed by atoms with E-state index in [0.29, 0.717) is 17.1 Å². The monoisotopic (exact) mass is 493 g/mol. The molecule has 34 heavy (non-hydrogen) atoms. The predicted octanol–water partition coefficient (Wildman–Crippen LogP) is 5.29. The summed E-state index contributed by atoms with van der Waals surface area (Å²) in [6.07, 6.45) is -4.68. The van der Waals surface area contributed by atoms with Crippen LogP contribution in [0.5, 0.6) is 5.75 Å². The normalized spacial score (nSPS) is 11.6. The molecule has 1 aromatic carbocycles. The average Bonchev–Trinajstić information content (AvgIpc) is 3.38. The van der Waals surface area contributed by atoms with Crippen LogP contribution in [0.25, 0.3) is 10.2 Å². The first-order valence-corrected chi connectivity index (χ1v) is 10.4. The van der Waals surface area contributed by atoms with Crippen LogP contribution in [0.1, 0.15) is 37.2 Å². The number of rotatable bonds is 6. The van der Waals surface area contributed by atoms with Crippen molar-refractivity contribution < 1.29 is 36.3 Å². The molecule has 3 N–H and O–H groups in total. The second kappa shape index (κ2) is 8.78. The van der Waals surface area contributed by atoms with E-state index in [2.05, 4.69) is 10.3 Å². The highest BCUT2D eigenvalue weighted by Crippen LogP contribution is 2.40. The number of anilines is 1. The summed E-state index contributed by atoms with van der Waals surface area (Å²) in [6.45, 7) is 1.36. The van der Waals surface area contributed by atoms with Crippen molar-refractivity contribution in [1.29, 1.82) is 0 Å². The van der Waals surface area contributed by atoms with E-state index in [1.165, 1.54) is 43.3 Å². The zero-order valence-electron chi connectivity index (χ0n) is 17.3. The third-order valence-electron chi connectivity index (χ3n) is 4.69. The first-order chi connectivity index (χ1) is 16.0. The molecule has 0 radical (unpaired) electrons. The highest BCUT2D eigenvalue weighted by Gasteiger charge is 2.34. The fourth-order valence-electron chi connectivity index (χ4n) is 3.16. The molecule has 0 saturated carbocycles. The van der Waals surface area contributed by atoms with Crippen LogP contribution in [0, 0.1) is 12.7 Å². The van der Waals surface area contributed by atoms with Gasteiger partial charge in [0.1, 0.15) is 39.3 Å². The van der Waals surface area contributed by atoms with Gasteiger partial charge < -0.3 is 20.2 Å². The summed E-state index contributed by atoms with van der Waals surface area (Å²) >= 11 is 0.648. The van der Waals surface area contributed by atoms with Gasteiger partial charge in [-0.2, -0.15) is 13.2 Å². The van der Waals surface area contributed by atoms with E-state index in [4.69, 9.17) is 14.9 Å². The van der Waals surface area contributed by atoms with Crippen LogP contribution >= 0.6 is 11.3 Å². The maximum absolute atomic E-state index is 13.1. The molecule has 3 heterocycles. The lowest BCUT2D eigenvalue weighted by Crippen LogP contribution is -2.16. The van der Waals surface area contributed by atoms with Crippen molar-refractivity contribution in [2.45, 2.75) is 19.7 Å². The number of furan rings is 1. The Morgan fingerprint density at radius 3 is 2.53 bits per heavy atom. The number of nitrogens with two attached hydrogens (primary N) is 1. The Kier molecular flexibility index (Phi) is 6.00. The minimum atomic E-state index is -4.68. The van der Waals surface area contributed by atoms with E-state index >= 15 is 0 Å². The van der Waals surface area contributed by atoms with Gasteiger partial charge in [-0.15, -0.1) is 11.3 Å². The number of aryl methyl sites for hydroxylation is 1. The number of hydrogen-bond donors (Lipinski definition) is 2. The van der Waals surface area contributed by atoms with Gasteiger partial charge in [0.05, 0.1) is 5.69 Å². The van der Waals surface area contributed by atoms with E-state index in [0.717, 1.165) is 6.07 Å². The van der Waals surface area contributed by atoms with Crippen molar-refractivity contribution in [3.05, 3.63) is 75.9 Å². The lowest BCUT2D eigenvalue weighted by Gasteiger charge is -2.09. The summed E-state index contributed by atoms with van der Waals surface area (Å²) < 4.78 is 63.3. The van der Waals surface area contributed by atoms with E-state index in [9.17, 15) is 27.2 Å². The molecule has 0 unspecified atom stereocenters. The van der Waals surface area contributed by atoms with Crippen molar-refractivity contribution in [3.8, 4) is 5.75 Å². The second-order valence-electron chi connectivity index (χ2n) is 7.14. The molecular weight excluding hydrogens is 478 g/mol. The molecule has 7 nitrogen and oxygen atoms in total. The topological polar surface area (TPSA) is 107 Å². The number of halogens is 4. The van der Waals surface area contributed by atoms with Crippen molar-refractivity contribution in [2.24, 2.45) is 5.73 Å². The maximum atomic E-state index is 13.1. The third kappa shape index (κ3) is 4.71. The molecular formula is C22H15F4N3O4S. The molecule has 0 bridgehead atoms. The van der Waals surface area contributed by atoms with Gasteiger partial charge in [0.15, 0.2) is 5.76 Å². The molecule has 0 spiro atoms. The number of amides is 2. The van der Waals surface area contributed by atoms with Crippen LogP contribution in [-0.4, -0.2) is 16.8 Å². The number of hydrogen-bond acceptors (Lipinski definition) is 6. The molecule has 0 aliphatic carbocycles. The number of ether oxygens (including phenoxy) is 1. The summed E-state index contributed by atoms with van der Waals surface area (Å²) in [7, 11) is 0. The molecule has 0 aliphatic rings. The molecule has 176 valence electrons. The first-order valence-electron chi connectivity index (χ1n) is 9.62.